The van der Waals surface area contributed by atoms with E-state index >= 15 is 0 Å². The van der Waals surface area contributed by atoms with E-state index in [4.69, 9.17) is 5.11 Å². The van der Waals surface area contributed by atoms with Gasteiger partial charge in [0, 0.05) is 50.5 Å². The summed E-state index contributed by atoms with van der Waals surface area (Å²) < 4.78 is 2.21. The molecule has 0 unspecified atom stereocenters. The van der Waals surface area contributed by atoms with Crippen LogP contribution in [0.25, 0.3) is 0 Å². The highest BCUT2D eigenvalue weighted by Crippen LogP contribution is 2.17. The molecule has 0 amide bonds. The summed E-state index contributed by atoms with van der Waals surface area (Å²) in [6, 6.07) is 20.9. The van der Waals surface area contributed by atoms with Crippen LogP contribution in [-0.4, -0.2) is 29.9 Å². The Labute approximate surface area is 149 Å². The van der Waals surface area contributed by atoms with Crippen LogP contribution in [0.5, 0.6) is 0 Å². The van der Waals surface area contributed by atoms with Crippen LogP contribution >= 0.6 is 0 Å². The van der Waals surface area contributed by atoms with Gasteiger partial charge in [0.15, 0.2) is 0 Å². The number of hydrogen-bond acceptors (Lipinski definition) is 3. The van der Waals surface area contributed by atoms with Crippen LogP contribution in [0, 0.1) is 0 Å². The van der Waals surface area contributed by atoms with Crippen molar-refractivity contribution in [2.24, 2.45) is 0 Å². The predicted octanol–water partition coefficient (Wildman–Crippen LogP) is 3.58. The lowest BCUT2D eigenvalue weighted by Crippen LogP contribution is -2.20. The molecule has 2 N–H and O–H groups in total. The summed E-state index contributed by atoms with van der Waals surface area (Å²) in [5.74, 6) is 0. The number of hydrogen-bond donors (Lipinski definition) is 2. The number of benzene rings is 2. The number of rotatable bonds is 8. The third-order valence-corrected chi connectivity index (χ3v) is 4.26. The first-order valence-corrected chi connectivity index (χ1v) is 8.59. The van der Waals surface area contributed by atoms with Crippen LogP contribution in [-0.2, 0) is 13.1 Å². The normalized spacial score (nSPS) is 10.6. The fourth-order valence-electron chi connectivity index (χ4n) is 2.80. The van der Waals surface area contributed by atoms with E-state index < -0.39 is 0 Å². The van der Waals surface area contributed by atoms with E-state index in [1.807, 2.05) is 18.0 Å². The van der Waals surface area contributed by atoms with Gasteiger partial charge in [-0.2, -0.15) is 0 Å². The maximum Gasteiger partial charge on any atom is 0.0606 e. The number of aliphatic hydroxyl groups is 1. The largest absolute Gasteiger partial charge is 0.395 e. The van der Waals surface area contributed by atoms with Gasteiger partial charge in [-0.1, -0.05) is 30.3 Å². The second-order valence-corrected chi connectivity index (χ2v) is 6.22. The summed E-state index contributed by atoms with van der Waals surface area (Å²) >= 11 is 0. The summed E-state index contributed by atoms with van der Waals surface area (Å²) in [5.41, 5.74) is 4.77. The molecule has 0 saturated heterocycles. The van der Waals surface area contributed by atoms with E-state index in [0.717, 1.165) is 24.5 Å². The molecule has 4 heteroatoms. The van der Waals surface area contributed by atoms with Crippen molar-refractivity contribution in [2.45, 2.75) is 13.1 Å². The number of aromatic nitrogens is 1. The van der Waals surface area contributed by atoms with Gasteiger partial charge in [-0.15, -0.1) is 0 Å². The number of anilines is 2. The molecule has 0 aliphatic heterocycles. The maximum absolute atomic E-state index is 9.00. The van der Waals surface area contributed by atoms with Crippen molar-refractivity contribution in [3.05, 3.63) is 84.2 Å². The smallest absolute Gasteiger partial charge is 0.0606 e. The van der Waals surface area contributed by atoms with Gasteiger partial charge in [0.25, 0.3) is 0 Å². The van der Waals surface area contributed by atoms with Gasteiger partial charge in [-0.05, 0) is 41.5 Å². The molecule has 0 radical (unpaired) electrons. The van der Waals surface area contributed by atoms with Gasteiger partial charge in [0.1, 0.15) is 0 Å². The Morgan fingerprint density at radius 3 is 2.44 bits per heavy atom. The fourth-order valence-corrected chi connectivity index (χ4v) is 2.80. The van der Waals surface area contributed by atoms with E-state index in [1.165, 1.54) is 11.1 Å². The third kappa shape index (κ3) is 4.88. The number of nitrogens with zero attached hydrogens (tertiary/aromatic N) is 2. The standard InChI is InChI=1S/C21H25N3O/c1-23(13-14-25)21-9-7-20(8-10-21)22-15-19-11-12-24(17-19)16-18-5-3-2-4-6-18/h2-12,17,22,25H,13-16H2,1H3. The first-order valence-electron chi connectivity index (χ1n) is 8.59. The van der Waals surface area contributed by atoms with Crippen LogP contribution in [0.2, 0.25) is 0 Å². The quantitative estimate of drug-likeness (QED) is 0.661. The second-order valence-electron chi connectivity index (χ2n) is 6.22. The van der Waals surface area contributed by atoms with Crippen molar-refractivity contribution < 1.29 is 5.11 Å². The number of likely N-dealkylation sites (N-methyl/N-ethyl adjacent to an activating group) is 1. The Bertz CT molecular complexity index is 765. The van der Waals surface area contributed by atoms with Crippen molar-refractivity contribution in [2.75, 3.05) is 30.4 Å². The van der Waals surface area contributed by atoms with Gasteiger partial charge in [0.2, 0.25) is 0 Å². The Morgan fingerprint density at radius 1 is 0.960 bits per heavy atom. The van der Waals surface area contributed by atoms with Crippen LogP contribution in [0.3, 0.4) is 0 Å². The molecule has 2 aromatic carbocycles. The Balaban J connectivity index is 1.53. The van der Waals surface area contributed by atoms with Crippen LogP contribution < -0.4 is 10.2 Å². The van der Waals surface area contributed by atoms with E-state index in [2.05, 4.69) is 76.9 Å². The Morgan fingerprint density at radius 2 is 1.72 bits per heavy atom. The summed E-state index contributed by atoms with van der Waals surface area (Å²) in [6.45, 7) is 2.50. The number of nitrogens with one attached hydrogen (secondary N) is 1. The zero-order chi connectivity index (χ0) is 17.5. The topological polar surface area (TPSA) is 40.4 Å². The van der Waals surface area contributed by atoms with Crippen molar-refractivity contribution in [1.82, 2.24) is 4.57 Å². The molecule has 1 aromatic heterocycles. The molecule has 25 heavy (non-hydrogen) atoms. The van der Waals surface area contributed by atoms with E-state index in [1.54, 1.807) is 0 Å². The average Bonchev–Trinajstić information content (AvgIpc) is 3.09. The van der Waals surface area contributed by atoms with Crippen LogP contribution in [0.1, 0.15) is 11.1 Å². The summed E-state index contributed by atoms with van der Waals surface area (Å²) in [4.78, 5) is 2.04. The highest BCUT2D eigenvalue weighted by molar-refractivity contribution is 5.54. The van der Waals surface area contributed by atoms with Crippen molar-refractivity contribution in [3.8, 4) is 0 Å². The summed E-state index contributed by atoms with van der Waals surface area (Å²) in [6.07, 6.45) is 4.31. The summed E-state index contributed by atoms with van der Waals surface area (Å²) in [7, 11) is 1.98. The fraction of sp³-hybridized carbons (Fsp3) is 0.238. The molecule has 4 nitrogen and oxygen atoms in total. The molecular formula is C21H25N3O. The highest BCUT2D eigenvalue weighted by atomic mass is 16.3. The lowest BCUT2D eigenvalue weighted by Gasteiger charge is -2.18. The SMILES string of the molecule is CN(CCO)c1ccc(NCc2ccn(Cc3ccccc3)c2)cc1. The van der Waals surface area contributed by atoms with Crippen LogP contribution in [0.15, 0.2) is 73.1 Å². The number of aliphatic hydroxyl groups excluding tert-OH is 1. The Hall–Kier alpha value is -2.72. The zero-order valence-electron chi connectivity index (χ0n) is 14.6. The molecule has 0 fully saturated rings. The first kappa shape index (κ1) is 17.1. The van der Waals surface area contributed by atoms with E-state index in [0.29, 0.717) is 6.54 Å². The van der Waals surface area contributed by atoms with Gasteiger partial charge in [-0.3, -0.25) is 0 Å². The molecule has 0 spiro atoms. The molecule has 3 rings (SSSR count). The second kappa shape index (κ2) is 8.40. The van der Waals surface area contributed by atoms with Crippen molar-refractivity contribution in [1.29, 1.82) is 0 Å². The minimum absolute atomic E-state index is 0.163. The van der Waals surface area contributed by atoms with E-state index in [9.17, 15) is 0 Å². The third-order valence-electron chi connectivity index (χ3n) is 4.26. The zero-order valence-corrected chi connectivity index (χ0v) is 14.6. The first-order chi connectivity index (χ1) is 12.2. The maximum atomic E-state index is 9.00. The predicted molar refractivity (Wildman–Crippen MR) is 104 cm³/mol. The molecule has 0 aliphatic rings. The van der Waals surface area contributed by atoms with Crippen molar-refractivity contribution >= 4 is 11.4 Å². The van der Waals surface area contributed by atoms with Gasteiger partial charge < -0.3 is 19.9 Å². The molecule has 0 saturated carbocycles. The van der Waals surface area contributed by atoms with Crippen LogP contribution in [0.4, 0.5) is 11.4 Å². The molecule has 0 bridgehead atoms. The molecule has 1 heterocycles. The summed E-state index contributed by atoms with van der Waals surface area (Å²) in [5, 5.41) is 12.5. The minimum atomic E-state index is 0.163. The lowest BCUT2D eigenvalue weighted by molar-refractivity contribution is 0.304. The highest BCUT2D eigenvalue weighted by Gasteiger charge is 2.01. The van der Waals surface area contributed by atoms with Gasteiger partial charge >= 0.3 is 0 Å². The molecule has 3 aromatic rings. The molecule has 130 valence electrons. The monoisotopic (exact) mass is 335 g/mol. The minimum Gasteiger partial charge on any atom is -0.395 e. The molecule has 0 aliphatic carbocycles. The van der Waals surface area contributed by atoms with Crippen molar-refractivity contribution in [3.63, 3.8) is 0 Å². The van der Waals surface area contributed by atoms with Gasteiger partial charge in [0.05, 0.1) is 6.61 Å². The lowest BCUT2D eigenvalue weighted by atomic mass is 10.2. The molecule has 0 atom stereocenters. The Kier molecular flexibility index (Phi) is 5.75. The molecular weight excluding hydrogens is 310 g/mol. The van der Waals surface area contributed by atoms with E-state index in [-0.39, 0.29) is 6.61 Å². The van der Waals surface area contributed by atoms with Gasteiger partial charge in [-0.25, -0.2) is 0 Å². The average molecular weight is 335 g/mol.